The number of methoxy groups -OCH3 is 2. The average Bonchev–Trinajstić information content (AvgIpc) is 3.21. The number of hydrogen-bond acceptors (Lipinski definition) is 11. The van der Waals surface area contributed by atoms with Gasteiger partial charge in [-0.15, -0.1) is 0 Å². The number of amides is 5. The normalized spacial score (nSPS) is 12.1. The predicted octanol–water partition coefficient (Wildman–Crippen LogP) is 2.32. The molecule has 15 heteroatoms. The number of carbonyl (C=O) groups is 5. The number of benzene rings is 2. The van der Waals surface area contributed by atoms with Crippen molar-refractivity contribution in [2.24, 2.45) is 5.92 Å². The van der Waals surface area contributed by atoms with Gasteiger partial charge in [-0.1, -0.05) is 61.5 Å². The molecule has 0 aliphatic rings. The zero-order valence-electron chi connectivity index (χ0n) is 34.0. The Morgan fingerprint density at radius 1 is 0.561 bits per heavy atom. The summed E-state index contributed by atoms with van der Waals surface area (Å²) < 4.78 is 31.1. The lowest BCUT2D eigenvalue weighted by atomic mass is 10.0. The molecule has 0 heterocycles. The third-order valence-electron chi connectivity index (χ3n) is 8.67. The van der Waals surface area contributed by atoms with Crippen molar-refractivity contribution in [2.45, 2.75) is 64.3 Å². The lowest BCUT2D eigenvalue weighted by Gasteiger charge is -2.20. The van der Waals surface area contributed by atoms with Crippen LogP contribution in [0.5, 0.6) is 0 Å². The van der Waals surface area contributed by atoms with Gasteiger partial charge in [0.05, 0.1) is 65.2 Å². The second-order valence-corrected chi connectivity index (χ2v) is 13.5. The van der Waals surface area contributed by atoms with Gasteiger partial charge in [0.2, 0.25) is 29.5 Å². The fourth-order valence-electron chi connectivity index (χ4n) is 5.40. The first-order valence-corrected chi connectivity index (χ1v) is 19.8. The van der Waals surface area contributed by atoms with Gasteiger partial charge in [0.25, 0.3) is 0 Å². The highest BCUT2D eigenvalue weighted by Gasteiger charge is 2.23. The molecule has 2 atom stereocenters. The number of hydrogen-bond donors (Lipinski definition) is 4. The van der Waals surface area contributed by atoms with E-state index in [-0.39, 0.29) is 58.3 Å². The maximum atomic E-state index is 13.2. The van der Waals surface area contributed by atoms with E-state index in [2.05, 4.69) is 45.5 Å². The predicted molar refractivity (Wildman–Crippen MR) is 214 cm³/mol. The van der Waals surface area contributed by atoms with E-state index >= 15 is 0 Å². The molecule has 2 rings (SSSR count). The Morgan fingerprint density at radius 2 is 1.11 bits per heavy atom. The molecule has 0 aromatic heterocycles. The van der Waals surface area contributed by atoms with Gasteiger partial charge in [0.15, 0.2) is 0 Å². The lowest BCUT2D eigenvalue weighted by Crippen LogP contribution is -2.49. The second-order valence-electron chi connectivity index (χ2n) is 13.5. The molecule has 0 aliphatic heterocycles. The number of unbranched alkanes of at least 4 members (excludes halogenated alkanes) is 2. The molecule has 2 aromatic rings. The first-order chi connectivity index (χ1) is 27.7. The van der Waals surface area contributed by atoms with Gasteiger partial charge in [-0.2, -0.15) is 0 Å². The second kappa shape index (κ2) is 31.8. The van der Waals surface area contributed by atoms with Crippen LogP contribution in [0.4, 0.5) is 0 Å². The SMILES string of the molecule is COCCOCCOCC(=O)NCCCC[C@H](NC(=O)COCCOCCOC)C(=O)NC[C@H](C)C(=O)NC(=O)Cc1ccc(CCCCc2ccccc2)cc1. The molecular formula is C42H64N4O11. The lowest BCUT2D eigenvalue weighted by molar-refractivity contribution is -0.133. The Kier molecular flexibility index (Phi) is 27.3. The first-order valence-electron chi connectivity index (χ1n) is 19.8. The van der Waals surface area contributed by atoms with Crippen LogP contribution in [-0.2, 0) is 71.7 Å². The number of carbonyl (C=O) groups excluding carboxylic acids is 5. The van der Waals surface area contributed by atoms with Gasteiger partial charge in [-0.3, -0.25) is 29.3 Å². The monoisotopic (exact) mass is 800 g/mol. The number of ether oxygens (including phenoxy) is 6. The summed E-state index contributed by atoms with van der Waals surface area (Å²) in [6.45, 7) is 4.41. The minimum Gasteiger partial charge on any atom is -0.382 e. The van der Waals surface area contributed by atoms with Crippen LogP contribution in [0.25, 0.3) is 0 Å². The molecule has 318 valence electrons. The average molecular weight is 801 g/mol. The Hall–Kier alpha value is -4.25. The molecule has 0 unspecified atom stereocenters. The van der Waals surface area contributed by atoms with Gasteiger partial charge < -0.3 is 44.4 Å². The standard InChI is InChI=1S/C42H64N4O11/c1-33(41(50)46-38(47)29-36-18-16-35(17-19-36)14-8-7-13-34-11-5-4-6-12-34)30-44-42(51)37(45-40(49)32-57-28-26-55-24-22-53-3)15-9-10-20-43-39(48)31-56-27-25-54-23-21-52-2/h4-6,11-12,16-19,33,37H,7-10,13-15,20-32H2,1-3H3,(H,43,48)(H,44,51)(H,45,49)(H,46,47,50)/t33-,37-/m0/s1. The molecule has 0 spiro atoms. The number of aryl methyl sites for hydroxylation is 2. The molecule has 0 bridgehead atoms. The molecule has 2 aromatic carbocycles. The summed E-state index contributed by atoms with van der Waals surface area (Å²) in [5.41, 5.74) is 3.33. The summed E-state index contributed by atoms with van der Waals surface area (Å²) >= 11 is 0. The van der Waals surface area contributed by atoms with Crippen molar-refractivity contribution in [3.8, 4) is 0 Å². The molecule has 0 saturated heterocycles. The van der Waals surface area contributed by atoms with Crippen LogP contribution in [-0.4, -0.2) is 129 Å². The molecule has 15 nitrogen and oxygen atoms in total. The van der Waals surface area contributed by atoms with Crippen molar-refractivity contribution in [3.63, 3.8) is 0 Å². The Labute approximate surface area is 337 Å². The van der Waals surface area contributed by atoms with Crippen LogP contribution in [0.3, 0.4) is 0 Å². The highest BCUT2D eigenvalue weighted by Crippen LogP contribution is 2.11. The summed E-state index contributed by atoms with van der Waals surface area (Å²) in [5.74, 6) is -2.92. The summed E-state index contributed by atoms with van der Waals surface area (Å²) in [6.07, 6.45) is 5.52. The van der Waals surface area contributed by atoms with Crippen molar-refractivity contribution in [1.82, 2.24) is 21.3 Å². The van der Waals surface area contributed by atoms with Crippen LogP contribution in [0.1, 0.15) is 55.7 Å². The van der Waals surface area contributed by atoms with E-state index < -0.39 is 35.6 Å². The quantitative estimate of drug-likeness (QED) is 0.0776. The third-order valence-corrected chi connectivity index (χ3v) is 8.67. The van der Waals surface area contributed by atoms with Crippen molar-refractivity contribution < 1.29 is 52.4 Å². The maximum absolute atomic E-state index is 13.2. The van der Waals surface area contributed by atoms with Crippen LogP contribution < -0.4 is 21.3 Å². The zero-order valence-corrected chi connectivity index (χ0v) is 34.0. The van der Waals surface area contributed by atoms with Gasteiger partial charge in [0.1, 0.15) is 19.3 Å². The minimum atomic E-state index is -0.917. The largest absolute Gasteiger partial charge is 0.382 e. The molecule has 0 saturated carbocycles. The van der Waals surface area contributed by atoms with Crippen molar-refractivity contribution in [2.75, 3.05) is 93.4 Å². The molecule has 0 radical (unpaired) electrons. The minimum absolute atomic E-state index is 0.0479. The topological polar surface area (TPSA) is 189 Å². The molecule has 4 N–H and O–H groups in total. The van der Waals surface area contributed by atoms with E-state index in [0.29, 0.717) is 52.4 Å². The fourth-order valence-corrected chi connectivity index (χ4v) is 5.40. The van der Waals surface area contributed by atoms with E-state index in [1.807, 2.05) is 30.3 Å². The Balaban J connectivity index is 1.75. The van der Waals surface area contributed by atoms with Crippen LogP contribution in [0.2, 0.25) is 0 Å². The number of rotatable bonds is 33. The van der Waals surface area contributed by atoms with Gasteiger partial charge in [-0.05, 0) is 61.6 Å². The van der Waals surface area contributed by atoms with Crippen molar-refractivity contribution >= 4 is 29.5 Å². The van der Waals surface area contributed by atoms with E-state index in [1.54, 1.807) is 21.1 Å². The van der Waals surface area contributed by atoms with E-state index in [4.69, 9.17) is 28.4 Å². The van der Waals surface area contributed by atoms with Crippen molar-refractivity contribution in [1.29, 1.82) is 0 Å². The van der Waals surface area contributed by atoms with Crippen LogP contribution in [0, 0.1) is 5.92 Å². The third kappa shape index (κ3) is 24.9. The van der Waals surface area contributed by atoms with E-state index in [0.717, 1.165) is 31.2 Å². The Morgan fingerprint density at radius 3 is 1.72 bits per heavy atom. The highest BCUT2D eigenvalue weighted by molar-refractivity contribution is 5.97. The number of nitrogens with one attached hydrogen (secondary N) is 4. The molecule has 57 heavy (non-hydrogen) atoms. The number of imide groups is 1. The van der Waals surface area contributed by atoms with Crippen LogP contribution >= 0.6 is 0 Å². The maximum Gasteiger partial charge on any atom is 0.246 e. The first kappa shape index (κ1) is 48.9. The van der Waals surface area contributed by atoms with E-state index in [9.17, 15) is 24.0 Å². The highest BCUT2D eigenvalue weighted by atomic mass is 16.5. The molecule has 0 fully saturated rings. The van der Waals surface area contributed by atoms with E-state index in [1.165, 1.54) is 11.1 Å². The summed E-state index contributed by atoms with van der Waals surface area (Å²) in [7, 11) is 3.15. The summed E-state index contributed by atoms with van der Waals surface area (Å²) in [6, 6.07) is 17.3. The van der Waals surface area contributed by atoms with Crippen LogP contribution in [0.15, 0.2) is 54.6 Å². The smallest absolute Gasteiger partial charge is 0.246 e. The summed E-state index contributed by atoms with van der Waals surface area (Å²) in [5, 5.41) is 10.6. The fraction of sp³-hybridized carbons (Fsp3) is 0.595. The zero-order chi connectivity index (χ0) is 41.4. The molecule has 5 amide bonds. The Bertz CT molecular complexity index is 1410. The van der Waals surface area contributed by atoms with Gasteiger partial charge in [0, 0.05) is 27.3 Å². The molecular weight excluding hydrogens is 736 g/mol. The van der Waals surface area contributed by atoms with Crippen molar-refractivity contribution in [3.05, 3.63) is 71.3 Å². The van der Waals surface area contributed by atoms with Gasteiger partial charge >= 0.3 is 0 Å². The molecule has 0 aliphatic carbocycles. The summed E-state index contributed by atoms with van der Waals surface area (Å²) in [4.78, 5) is 63.5. The van der Waals surface area contributed by atoms with Gasteiger partial charge in [-0.25, -0.2) is 0 Å².